The van der Waals surface area contributed by atoms with Crippen molar-refractivity contribution >= 4 is 0 Å². The van der Waals surface area contributed by atoms with Crippen LogP contribution in [0.3, 0.4) is 0 Å². The van der Waals surface area contributed by atoms with Gasteiger partial charge in [-0.05, 0) is 26.9 Å². The van der Waals surface area contributed by atoms with Gasteiger partial charge in [0.1, 0.15) is 0 Å². The van der Waals surface area contributed by atoms with Gasteiger partial charge in [0.2, 0.25) is 0 Å². The van der Waals surface area contributed by atoms with Gasteiger partial charge in [0, 0.05) is 6.04 Å². The van der Waals surface area contributed by atoms with Gasteiger partial charge in [0.05, 0.1) is 0 Å². The van der Waals surface area contributed by atoms with Gasteiger partial charge < -0.3 is 4.90 Å². The summed E-state index contributed by atoms with van der Waals surface area (Å²) in [6.07, 6.45) is 25.9. The second-order valence-corrected chi connectivity index (χ2v) is 8.14. The first kappa shape index (κ1) is 24.0. The number of hydrogen-bond donors (Lipinski definition) is 0. The minimum Gasteiger partial charge on any atom is -0.306 e. The van der Waals surface area contributed by atoms with Gasteiger partial charge in [0.25, 0.3) is 0 Å². The average molecular weight is 340 g/mol. The molecule has 0 amide bonds. The summed E-state index contributed by atoms with van der Waals surface area (Å²) in [6.45, 7) is 4.60. The first-order valence-corrected chi connectivity index (χ1v) is 11.4. The molecule has 0 radical (unpaired) electrons. The zero-order valence-electron chi connectivity index (χ0n) is 17.8. The normalized spacial score (nSPS) is 12.9. The number of hydrogen-bond acceptors (Lipinski definition) is 1. The van der Waals surface area contributed by atoms with E-state index in [0.29, 0.717) is 0 Å². The average Bonchev–Trinajstić information content (AvgIpc) is 2.57. The van der Waals surface area contributed by atoms with Crippen LogP contribution < -0.4 is 0 Å². The SMILES string of the molecule is CCCCCCCCCCCCC(CCCCCCCC)N(C)C. The van der Waals surface area contributed by atoms with Crippen molar-refractivity contribution in [1.82, 2.24) is 4.90 Å². The smallest absolute Gasteiger partial charge is 0.00891 e. The summed E-state index contributed by atoms with van der Waals surface area (Å²) in [5.41, 5.74) is 0. The quantitative estimate of drug-likeness (QED) is 0.216. The first-order chi connectivity index (χ1) is 11.7. The summed E-state index contributed by atoms with van der Waals surface area (Å²) in [5.74, 6) is 0. The largest absolute Gasteiger partial charge is 0.306 e. The summed E-state index contributed by atoms with van der Waals surface area (Å²) in [5, 5.41) is 0. The Bertz CT molecular complexity index is 224. The molecule has 0 heterocycles. The summed E-state index contributed by atoms with van der Waals surface area (Å²) >= 11 is 0. The molecule has 1 nitrogen and oxygen atoms in total. The summed E-state index contributed by atoms with van der Waals surface area (Å²) < 4.78 is 0. The van der Waals surface area contributed by atoms with Crippen molar-refractivity contribution in [3.8, 4) is 0 Å². The van der Waals surface area contributed by atoms with Gasteiger partial charge in [-0.1, -0.05) is 117 Å². The fourth-order valence-electron chi connectivity index (χ4n) is 3.69. The van der Waals surface area contributed by atoms with E-state index in [4.69, 9.17) is 0 Å². The third-order valence-electron chi connectivity index (χ3n) is 5.51. The fourth-order valence-corrected chi connectivity index (χ4v) is 3.69. The molecule has 24 heavy (non-hydrogen) atoms. The van der Waals surface area contributed by atoms with Crippen LogP contribution in [0, 0.1) is 0 Å². The summed E-state index contributed by atoms with van der Waals surface area (Å²) in [4.78, 5) is 2.47. The molecule has 146 valence electrons. The van der Waals surface area contributed by atoms with Crippen LogP contribution in [-0.4, -0.2) is 25.0 Å². The highest BCUT2D eigenvalue weighted by atomic mass is 15.1. The van der Waals surface area contributed by atoms with Gasteiger partial charge in [-0.3, -0.25) is 0 Å². The van der Waals surface area contributed by atoms with Crippen LogP contribution in [0.1, 0.15) is 129 Å². The van der Waals surface area contributed by atoms with Gasteiger partial charge >= 0.3 is 0 Å². The lowest BCUT2D eigenvalue weighted by Crippen LogP contribution is -2.27. The molecule has 1 atom stereocenters. The molecular formula is C23H49N. The Hall–Kier alpha value is -0.0400. The lowest BCUT2D eigenvalue weighted by molar-refractivity contribution is 0.251. The van der Waals surface area contributed by atoms with Crippen molar-refractivity contribution in [1.29, 1.82) is 0 Å². The van der Waals surface area contributed by atoms with Crippen molar-refractivity contribution in [2.75, 3.05) is 14.1 Å². The van der Waals surface area contributed by atoms with E-state index < -0.39 is 0 Å². The number of rotatable bonds is 19. The van der Waals surface area contributed by atoms with E-state index in [1.165, 1.54) is 116 Å². The van der Waals surface area contributed by atoms with Crippen molar-refractivity contribution in [3.63, 3.8) is 0 Å². The molecular weight excluding hydrogens is 290 g/mol. The standard InChI is InChI=1S/C23H49N/c1-5-7-9-11-13-14-15-16-18-20-22-23(24(3)4)21-19-17-12-10-8-6-2/h23H,5-22H2,1-4H3. The molecule has 0 aliphatic rings. The van der Waals surface area contributed by atoms with Crippen LogP contribution in [0.15, 0.2) is 0 Å². The highest BCUT2D eigenvalue weighted by molar-refractivity contribution is 4.66. The number of nitrogens with zero attached hydrogens (tertiary/aromatic N) is 1. The number of unbranched alkanes of at least 4 members (excludes halogenated alkanes) is 14. The fraction of sp³-hybridized carbons (Fsp3) is 1.00. The van der Waals surface area contributed by atoms with Crippen molar-refractivity contribution in [3.05, 3.63) is 0 Å². The zero-order chi connectivity index (χ0) is 17.9. The topological polar surface area (TPSA) is 3.24 Å². The maximum atomic E-state index is 2.47. The maximum Gasteiger partial charge on any atom is 0.00891 e. The minimum absolute atomic E-state index is 0.824. The summed E-state index contributed by atoms with van der Waals surface area (Å²) in [7, 11) is 4.55. The van der Waals surface area contributed by atoms with E-state index in [1.807, 2.05) is 0 Å². The van der Waals surface area contributed by atoms with Gasteiger partial charge in [-0.25, -0.2) is 0 Å². The molecule has 0 aliphatic heterocycles. The second-order valence-electron chi connectivity index (χ2n) is 8.14. The van der Waals surface area contributed by atoms with Crippen LogP contribution in [0.2, 0.25) is 0 Å². The summed E-state index contributed by atoms with van der Waals surface area (Å²) in [6, 6.07) is 0.824. The van der Waals surface area contributed by atoms with Gasteiger partial charge in [-0.2, -0.15) is 0 Å². The van der Waals surface area contributed by atoms with E-state index in [0.717, 1.165) is 6.04 Å². The lowest BCUT2D eigenvalue weighted by Gasteiger charge is -2.24. The predicted molar refractivity (Wildman–Crippen MR) is 112 cm³/mol. The van der Waals surface area contributed by atoms with E-state index >= 15 is 0 Å². The van der Waals surface area contributed by atoms with Crippen LogP contribution in [0.25, 0.3) is 0 Å². The molecule has 1 unspecified atom stereocenters. The molecule has 0 spiro atoms. The van der Waals surface area contributed by atoms with Gasteiger partial charge in [-0.15, -0.1) is 0 Å². The Labute approximate surface area is 155 Å². The van der Waals surface area contributed by atoms with Crippen molar-refractivity contribution < 1.29 is 0 Å². The van der Waals surface area contributed by atoms with E-state index in [9.17, 15) is 0 Å². The Balaban J connectivity index is 3.44. The van der Waals surface area contributed by atoms with E-state index in [2.05, 4.69) is 32.8 Å². The van der Waals surface area contributed by atoms with Crippen molar-refractivity contribution in [2.45, 2.75) is 135 Å². The second kappa shape index (κ2) is 19.3. The zero-order valence-corrected chi connectivity index (χ0v) is 17.8. The molecule has 0 N–H and O–H groups in total. The molecule has 1 heteroatoms. The molecule has 0 aromatic heterocycles. The van der Waals surface area contributed by atoms with Crippen LogP contribution in [0.5, 0.6) is 0 Å². The van der Waals surface area contributed by atoms with Gasteiger partial charge in [0.15, 0.2) is 0 Å². The molecule has 0 saturated carbocycles. The molecule has 0 bridgehead atoms. The highest BCUT2D eigenvalue weighted by Crippen LogP contribution is 2.17. The molecule has 0 saturated heterocycles. The van der Waals surface area contributed by atoms with Crippen molar-refractivity contribution in [2.24, 2.45) is 0 Å². The Morgan fingerprint density at radius 1 is 0.458 bits per heavy atom. The predicted octanol–water partition coefficient (Wildman–Crippen LogP) is 7.98. The molecule has 0 aromatic carbocycles. The molecule has 0 aromatic rings. The Morgan fingerprint density at radius 3 is 1.04 bits per heavy atom. The van der Waals surface area contributed by atoms with E-state index in [1.54, 1.807) is 0 Å². The Kier molecular flexibility index (Phi) is 19.3. The molecule has 0 fully saturated rings. The maximum absolute atomic E-state index is 2.47. The monoisotopic (exact) mass is 339 g/mol. The van der Waals surface area contributed by atoms with Crippen LogP contribution >= 0.6 is 0 Å². The third-order valence-corrected chi connectivity index (χ3v) is 5.51. The van der Waals surface area contributed by atoms with Crippen LogP contribution in [-0.2, 0) is 0 Å². The highest BCUT2D eigenvalue weighted by Gasteiger charge is 2.10. The lowest BCUT2D eigenvalue weighted by atomic mass is 9.99. The molecule has 0 rings (SSSR count). The molecule has 0 aliphatic carbocycles. The minimum atomic E-state index is 0.824. The first-order valence-electron chi connectivity index (χ1n) is 11.4. The van der Waals surface area contributed by atoms with Crippen LogP contribution in [0.4, 0.5) is 0 Å². The third kappa shape index (κ3) is 16.8. The Morgan fingerprint density at radius 2 is 0.750 bits per heavy atom. The van der Waals surface area contributed by atoms with E-state index in [-0.39, 0.29) is 0 Å².